The van der Waals surface area contributed by atoms with Crippen LogP contribution in [0.15, 0.2) is 11.4 Å². The normalized spacial score (nSPS) is 23.8. The average molecular weight is 322 g/mol. The second-order valence-electron chi connectivity index (χ2n) is 6.46. The Bertz CT molecular complexity index is 489. The minimum Gasteiger partial charge on any atom is -0.376 e. The minimum atomic E-state index is 0.182. The Morgan fingerprint density at radius 2 is 2.23 bits per heavy atom. The Morgan fingerprint density at radius 3 is 2.86 bits per heavy atom. The molecule has 1 atom stereocenters. The first kappa shape index (κ1) is 16.0. The van der Waals surface area contributed by atoms with Crippen molar-refractivity contribution in [2.45, 2.75) is 45.3 Å². The summed E-state index contributed by atoms with van der Waals surface area (Å²) in [5.74, 6) is 0.407. The molecule has 4 nitrogen and oxygen atoms in total. The molecule has 0 aromatic carbocycles. The lowest BCUT2D eigenvalue weighted by Crippen LogP contribution is -2.42. The quantitative estimate of drug-likeness (QED) is 0.906. The van der Waals surface area contributed by atoms with Gasteiger partial charge in [0, 0.05) is 30.5 Å². The molecule has 2 saturated heterocycles. The van der Waals surface area contributed by atoms with E-state index in [4.69, 9.17) is 4.74 Å². The molecule has 2 aliphatic rings. The summed E-state index contributed by atoms with van der Waals surface area (Å²) >= 11 is 1.84. The molecular weight excluding hydrogens is 296 g/mol. The van der Waals surface area contributed by atoms with Crippen molar-refractivity contribution in [3.05, 3.63) is 21.9 Å². The zero-order valence-electron chi connectivity index (χ0n) is 13.3. The maximum Gasteiger partial charge on any atom is 0.223 e. The van der Waals surface area contributed by atoms with Gasteiger partial charge in [-0.3, -0.25) is 9.69 Å². The highest BCUT2D eigenvalue weighted by molar-refractivity contribution is 7.10. The lowest BCUT2D eigenvalue weighted by molar-refractivity contribution is -0.127. The number of piperidine rings is 1. The monoisotopic (exact) mass is 322 g/mol. The van der Waals surface area contributed by atoms with E-state index in [1.54, 1.807) is 0 Å². The van der Waals surface area contributed by atoms with E-state index < -0.39 is 0 Å². The standard InChI is InChI=1S/C17H26N2O2S/c1-13-6-10-22-16(13)12-19-7-4-14(5-8-19)17(20)18-11-15-3-2-9-21-15/h6,10,14-15H,2-5,7-9,11-12H2,1H3,(H,18,20)/t15-/m1/s1. The summed E-state index contributed by atoms with van der Waals surface area (Å²) in [5.41, 5.74) is 1.39. The summed E-state index contributed by atoms with van der Waals surface area (Å²) in [6.07, 6.45) is 4.40. The summed E-state index contributed by atoms with van der Waals surface area (Å²) in [6.45, 7) is 6.80. The second-order valence-corrected chi connectivity index (χ2v) is 7.46. The molecule has 1 amide bonds. The van der Waals surface area contributed by atoms with Crippen molar-refractivity contribution < 1.29 is 9.53 Å². The molecule has 1 aromatic heterocycles. The number of ether oxygens (including phenoxy) is 1. The van der Waals surface area contributed by atoms with Crippen molar-refractivity contribution in [1.82, 2.24) is 10.2 Å². The fraction of sp³-hybridized carbons (Fsp3) is 0.706. The van der Waals surface area contributed by atoms with Crippen LogP contribution < -0.4 is 5.32 Å². The molecule has 1 N–H and O–H groups in total. The van der Waals surface area contributed by atoms with Gasteiger partial charge in [-0.15, -0.1) is 11.3 Å². The van der Waals surface area contributed by atoms with Crippen LogP contribution in [0.5, 0.6) is 0 Å². The molecule has 22 heavy (non-hydrogen) atoms. The van der Waals surface area contributed by atoms with Gasteiger partial charge in [0.2, 0.25) is 5.91 Å². The Kier molecular flexibility index (Phi) is 5.50. The molecule has 122 valence electrons. The first-order valence-electron chi connectivity index (χ1n) is 8.37. The molecule has 5 heteroatoms. The number of carbonyl (C=O) groups is 1. The zero-order valence-corrected chi connectivity index (χ0v) is 14.2. The lowest BCUT2D eigenvalue weighted by Gasteiger charge is -2.31. The average Bonchev–Trinajstić information content (AvgIpc) is 3.18. The van der Waals surface area contributed by atoms with Crippen LogP contribution in [-0.4, -0.2) is 43.2 Å². The lowest BCUT2D eigenvalue weighted by atomic mass is 9.95. The smallest absolute Gasteiger partial charge is 0.223 e. The largest absolute Gasteiger partial charge is 0.376 e. The van der Waals surface area contributed by atoms with Crippen molar-refractivity contribution in [2.75, 3.05) is 26.2 Å². The Morgan fingerprint density at radius 1 is 1.41 bits per heavy atom. The van der Waals surface area contributed by atoms with Crippen LogP contribution >= 0.6 is 11.3 Å². The first-order chi connectivity index (χ1) is 10.7. The van der Waals surface area contributed by atoms with E-state index in [2.05, 4.69) is 28.6 Å². The van der Waals surface area contributed by atoms with Crippen LogP contribution in [0, 0.1) is 12.8 Å². The minimum absolute atomic E-state index is 0.182. The number of carbonyl (C=O) groups excluding carboxylic acids is 1. The summed E-state index contributed by atoms with van der Waals surface area (Å²) in [5, 5.41) is 5.25. The third kappa shape index (κ3) is 4.09. The van der Waals surface area contributed by atoms with Crippen molar-refractivity contribution >= 4 is 17.2 Å². The maximum atomic E-state index is 12.2. The topological polar surface area (TPSA) is 41.6 Å². The van der Waals surface area contributed by atoms with Crippen molar-refractivity contribution in [3.63, 3.8) is 0 Å². The third-order valence-corrected chi connectivity index (χ3v) is 5.83. The van der Waals surface area contributed by atoms with Gasteiger partial charge < -0.3 is 10.1 Å². The van der Waals surface area contributed by atoms with E-state index in [0.29, 0.717) is 6.54 Å². The highest BCUT2D eigenvalue weighted by atomic mass is 32.1. The number of nitrogens with zero attached hydrogens (tertiary/aromatic N) is 1. The predicted molar refractivity (Wildman–Crippen MR) is 89.0 cm³/mol. The van der Waals surface area contributed by atoms with Gasteiger partial charge in [0.1, 0.15) is 0 Å². The third-order valence-electron chi connectivity index (χ3n) is 4.82. The van der Waals surface area contributed by atoms with Gasteiger partial charge in [-0.1, -0.05) is 0 Å². The summed E-state index contributed by atoms with van der Waals surface area (Å²) in [6, 6.07) is 2.19. The number of rotatable bonds is 5. The van der Waals surface area contributed by atoms with Gasteiger partial charge in [-0.05, 0) is 62.7 Å². The number of aryl methyl sites for hydroxylation is 1. The van der Waals surface area contributed by atoms with Crippen LogP contribution in [-0.2, 0) is 16.1 Å². The highest BCUT2D eigenvalue weighted by Crippen LogP contribution is 2.23. The van der Waals surface area contributed by atoms with Crippen LogP contribution in [0.3, 0.4) is 0 Å². The Balaban J connectivity index is 1.39. The van der Waals surface area contributed by atoms with Gasteiger partial charge in [0.25, 0.3) is 0 Å². The number of likely N-dealkylation sites (tertiary alicyclic amines) is 1. The molecule has 3 rings (SSSR count). The van der Waals surface area contributed by atoms with Crippen LogP contribution in [0.25, 0.3) is 0 Å². The summed E-state index contributed by atoms with van der Waals surface area (Å²) in [4.78, 5) is 16.2. The molecule has 0 radical (unpaired) electrons. The van der Waals surface area contributed by atoms with E-state index in [9.17, 15) is 4.79 Å². The molecule has 2 fully saturated rings. The van der Waals surface area contributed by atoms with E-state index in [0.717, 1.165) is 51.9 Å². The Hall–Kier alpha value is -0.910. The predicted octanol–water partition coefficient (Wildman–Crippen LogP) is 2.56. The van der Waals surface area contributed by atoms with Gasteiger partial charge in [0.15, 0.2) is 0 Å². The molecule has 0 spiro atoms. The van der Waals surface area contributed by atoms with Crippen LogP contribution in [0.1, 0.15) is 36.1 Å². The number of hydrogen-bond acceptors (Lipinski definition) is 4. The zero-order chi connectivity index (χ0) is 15.4. The van der Waals surface area contributed by atoms with Gasteiger partial charge in [-0.25, -0.2) is 0 Å². The second kappa shape index (κ2) is 7.57. The number of nitrogens with one attached hydrogen (secondary N) is 1. The Labute approximate surface area is 136 Å². The maximum absolute atomic E-state index is 12.2. The van der Waals surface area contributed by atoms with Crippen molar-refractivity contribution in [3.8, 4) is 0 Å². The number of hydrogen-bond donors (Lipinski definition) is 1. The van der Waals surface area contributed by atoms with E-state index in [1.165, 1.54) is 10.4 Å². The van der Waals surface area contributed by atoms with E-state index in [1.807, 2.05) is 11.3 Å². The van der Waals surface area contributed by atoms with Crippen LogP contribution in [0.2, 0.25) is 0 Å². The molecule has 2 aliphatic heterocycles. The van der Waals surface area contributed by atoms with Gasteiger partial charge in [0.05, 0.1) is 6.10 Å². The molecule has 3 heterocycles. The SMILES string of the molecule is Cc1ccsc1CN1CCC(C(=O)NC[C@H]2CCCO2)CC1. The molecular formula is C17H26N2O2S. The number of amides is 1. The van der Waals surface area contributed by atoms with Crippen molar-refractivity contribution in [1.29, 1.82) is 0 Å². The molecule has 1 aromatic rings. The van der Waals surface area contributed by atoms with Gasteiger partial charge >= 0.3 is 0 Å². The van der Waals surface area contributed by atoms with Crippen LogP contribution in [0.4, 0.5) is 0 Å². The van der Waals surface area contributed by atoms with Crippen molar-refractivity contribution in [2.24, 2.45) is 5.92 Å². The molecule has 0 bridgehead atoms. The molecule has 0 unspecified atom stereocenters. The first-order valence-corrected chi connectivity index (χ1v) is 9.25. The summed E-state index contributed by atoms with van der Waals surface area (Å²) < 4.78 is 5.56. The number of thiophene rings is 1. The van der Waals surface area contributed by atoms with Gasteiger partial charge in [-0.2, -0.15) is 0 Å². The summed E-state index contributed by atoms with van der Waals surface area (Å²) in [7, 11) is 0. The molecule has 0 aliphatic carbocycles. The van der Waals surface area contributed by atoms with E-state index in [-0.39, 0.29) is 17.9 Å². The molecule has 0 saturated carbocycles. The van der Waals surface area contributed by atoms with E-state index >= 15 is 0 Å². The highest BCUT2D eigenvalue weighted by Gasteiger charge is 2.26. The fourth-order valence-electron chi connectivity index (χ4n) is 3.29. The fourth-order valence-corrected chi connectivity index (χ4v) is 4.23.